The van der Waals surface area contributed by atoms with Crippen molar-refractivity contribution in [1.29, 1.82) is 0 Å². The molecule has 2 N–H and O–H groups in total. The number of hydrogen-bond donors (Lipinski definition) is 2. The molecule has 0 bridgehead atoms. The monoisotopic (exact) mass is 232 g/mol. The Labute approximate surface area is 90.6 Å². The van der Waals surface area contributed by atoms with Crippen molar-refractivity contribution in [2.45, 2.75) is 12.7 Å². The second kappa shape index (κ2) is 5.39. The van der Waals surface area contributed by atoms with Crippen LogP contribution in [0.4, 0.5) is 18.0 Å². The Balaban J connectivity index is 2.26. The largest absolute Gasteiger partial charge is 0.405 e. The summed E-state index contributed by atoms with van der Waals surface area (Å²) in [7, 11) is 0. The summed E-state index contributed by atoms with van der Waals surface area (Å²) in [5.41, 5.74) is 0.824. The average Bonchev–Trinajstić information content (AvgIpc) is 2.24. The topological polar surface area (TPSA) is 41.1 Å². The van der Waals surface area contributed by atoms with Crippen molar-refractivity contribution < 1.29 is 18.0 Å². The van der Waals surface area contributed by atoms with Crippen molar-refractivity contribution in [2.24, 2.45) is 0 Å². The molecule has 0 aliphatic rings. The molecule has 2 amide bonds. The van der Waals surface area contributed by atoms with E-state index in [-0.39, 0.29) is 6.54 Å². The van der Waals surface area contributed by atoms with E-state index in [0.717, 1.165) is 5.56 Å². The number of alkyl halides is 3. The Hall–Kier alpha value is -1.72. The summed E-state index contributed by atoms with van der Waals surface area (Å²) in [5.74, 6) is 0. The molecule has 0 saturated heterocycles. The lowest BCUT2D eigenvalue weighted by Crippen LogP contribution is -2.40. The smallest absolute Gasteiger partial charge is 0.334 e. The molecule has 0 aromatic heterocycles. The SMILES string of the molecule is O=C(NCc1ccccc1)NCC(F)(F)F. The van der Waals surface area contributed by atoms with Gasteiger partial charge >= 0.3 is 12.2 Å². The van der Waals surface area contributed by atoms with Crippen molar-refractivity contribution in [3.05, 3.63) is 35.9 Å². The van der Waals surface area contributed by atoms with Crippen LogP contribution < -0.4 is 10.6 Å². The average molecular weight is 232 g/mol. The maximum atomic E-state index is 11.7. The highest BCUT2D eigenvalue weighted by Gasteiger charge is 2.27. The molecule has 0 atom stereocenters. The fourth-order valence-electron chi connectivity index (χ4n) is 1.02. The van der Waals surface area contributed by atoms with Crippen LogP contribution in [0.25, 0.3) is 0 Å². The second-order valence-corrected chi connectivity index (χ2v) is 3.14. The molecule has 1 aromatic rings. The lowest BCUT2D eigenvalue weighted by Gasteiger charge is -2.09. The Bertz CT molecular complexity index is 338. The first-order valence-corrected chi connectivity index (χ1v) is 4.60. The normalized spacial score (nSPS) is 10.9. The fourth-order valence-corrected chi connectivity index (χ4v) is 1.02. The van der Waals surface area contributed by atoms with Crippen LogP contribution in [0, 0.1) is 0 Å². The summed E-state index contributed by atoms with van der Waals surface area (Å²) in [5, 5.41) is 4.04. The minimum absolute atomic E-state index is 0.199. The predicted octanol–water partition coefficient (Wildman–Crippen LogP) is 2.05. The zero-order chi connectivity index (χ0) is 12.0. The number of halogens is 3. The van der Waals surface area contributed by atoms with E-state index < -0.39 is 18.8 Å². The molecule has 0 heterocycles. The highest BCUT2D eigenvalue weighted by molar-refractivity contribution is 5.73. The van der Waals surface area contributed by atoms with E-state index in [0.29, 0.717) is 0 Å². The van der Waals surface area contributed by atoms with Gasteiger partial charge in [0, 0.05) is 6.54 Å². The molecule has 3 nitrogen and oxygen atoms in total. The molecule has 16 heavy (non-hydrogen) atoms. The third kappa shape index (κ3) is 5.23. The zero-order valence-electron chi connectivity index (χ0n) is 8.34. The quantitative estimate of drug-likeness (QED) is 0.822. The van der Waals surface area contributed by atoms with Gasteiger partial charge in [0.1, 0.15) is 6.54 Å². The molecule has 88 valence electrons. The summed E-state index contributed by atoms with van der Waals surface area (Å²) < 4.78 is 35.2. The van der Waals surface area contributed by atoms with Gasteiger partial charge in [-0.2, -0.15) is 13.2 Å². The predicted molar refractivity (Wildman–Crippen MR) is 52.7 cm³/mol. The summed E-state index contributed by atoms with van der Waals surface area (Å²) in [6.07, 6.45) is -4.38. The summed E-state index contributed by atoms with van der Waals surface area (Å²) >= 11 is 0. The van der Waals surface area contributed by atoms with E-state index in [1.165, 1.54) is 0 Å². The van der Waals surface area contributed by atoms with Crippen LogP contribution in [0.3, 0.4) is 0 Å². The van der Waals surface area contributed by atoms with Crippen LogP contribution in [-0.4, -0.2) is 18.8 Å². The Morgan fingerprint density at radius 3 is 2.31 bits per heavy atom. The first kappa shape index (κ1) is 12.4. The van der Waals surface area contributed by atoms with Crippen LogP contribution in [-0.2, 0) is 6.54 Å². The summed E-state index contributed by atoms with van der Waals surface area (Å²) in [6, 6.07) is 8.08. The van der Waals surface area contributed by atoms with Gasteiger partial charge in [-0.3, -0.25) is 0 Å². The van der Waals surface area contributed by atoms with E-state index in [2.05, 4.69) is 5.32 Å². The van der Waals surface area contributed by atoms with Gasteiger partial charge in [-0.25, -0.2) is 4.79 Å². The maximum absolute atomic E-state index is 11.7. The van der Waals surface area contributed by atoms with Gasteiger partial charge in [0.05, 0.1) is 0 Å². The number of benzene rings is 1. The van der Waals surface area contributed by atoms with Crippen molar-refractivity contribution in [3.63, 3.8) is 0 Å². The molecular weight excluding hydrogens is 221 g/mol. The first-order valence-electron chi connectivity index (χ1n) is 4.60. The van der Waals surface area contributed by atoms with Gasteiger partial charge in [-0.15, -0.1) is 0 Å². The van der Waals surface area contributed by atoms with E-state index >= 15 is 0 Å². The molecule has 1 rings (SSSR count). The van der Waals surface area contributed by atoms with Crippen molar-refractivity contribution in [1.82, 2.24) is 10.6 Å². The third-order valence-electron chi connectivity index (χ3n) is 1.75. The Morgan fingerprint density at radius 2 is 1.75 bits per heavy atom. The van der Waals surface area contributed by atoms with Crippen LogP contribution in [0.1, 0.15) is 5.56 Å². The molecule has 1 aromatic carbocycles. The van der Waals surface area contributed by atoms with E-state index in [4.69, 9.17) is 0 Å². The second-order valence-electron chi connectivity index (χ2n) is 3.14. The standard InChI is InChI=1S/C10H11F3N2O/c11-10(12,13)7-15-9(16)14-6-8-4-2-1-3-5-8/h1-5H,6-7H2,(H2,14,15,16). The van der Waals surface area contributed by atoms with Gasteiger partial charge in [-0.05, 0) is 5.56 Å². The van der Waals surface area contributed by atoms with Crippen molar-refractivity contribution in [2.75, 3.05) is 6.54 Å². The molecule has 0 fully saturated rings. The Morgan fingerprint density at radius 1 is 1.12 bits per heavy atom. The lowest BCUT2D eigenvalue weighted by atomic mass is 10.2. The molecule has 0 aliphatic carbocycles. The Kier molecular flexibility index (Phi) is 4.16. The number of hydrogen-bond acceptors (Lipinski definition) is 1. The molecule has 0 spiro atoms. The molecule has 0 aliphatic heterocycles. The van der Waals surface area contributed by atoms with Crippen LogP contribution in [0.15, 0.2) is 30.3 Å². The highest BCUT2D eigenvalue weighted by Crippen LogP contribution is 2.11. The molecule has 6 heteroatoms. The zero-order valence-corrected chi connectivity index (χ0v) is 8.34. The van der Waals surface area contributed by atoms with Crippen molar-refractivity contribution in [3.8, 4) is 0 Å². The number of urea groups is 1. The van der Waals surface area contributed by atoms with Gasteiger partial charge in [-0.1, -0.05) is 30.3 Å². The third-order valence-corrected chi connectivity index (χ3v) is 1.75. The number of carbonyl (C=O) groups is 1. The highest BCUT2D eigenvalue weighted by atomic mass is 19.4. The molecular formula is C10H11F3N2O. The van der Waals surface area contributed by atoms with Crippen molar-refractivity contribution >= 4 is 6.03 Å². The molecule has 0 radical (unpaired) electrons. The maximum Gasteiger partial charge on any atom is 0.405 e. The van der Waals surface area contributed by atoms with E-state index in [1.807, 2.05) is 6.07 Å². The van der Waals surface area contributed by atoms with Gasteiger partial charge in [0.25, 0.3) is 0 Å². The van der Waals surface area contributed by atoms with Gasteiger partial charge in [0.15, 0.2) is 0 Å². The minimum Gasteiger partial charge on any atom is -0.334 e. The van der Waals surface area contributed by atoms with E-state index in [1.54, 1.807) is 29.6 Å². The van der Waals surface area contributed by atoms with Gasteiger partial charge in [0.2, 0.25) is 0 Å². The number of rotatable bonds is 3. The minimum atomic E-state index is -4.38. The molecule has 0 saturated carbocycles. The van der Waals surface area contributed by atoms with E-state index in [9.17, 15) is 18.0 Å². The van der Waals surface area contributed by atoms with Crippen LogP contribution in [0.2, 0.25) is 0 Å². The van der Waals surface area contributed by atoms with Gasteiger partial charge < -0.3 is 10.6 Å². The molecule has 0 unspecified atom stereocenters. The first-order chi connectivity index (χ1) is 7.47. The van der Waals surface area contributed by atoms with Crippen LogP contribution >= 0.6 is 0 Å². The number of nitrogens with one attached hydrogen (secondary N) is 2. The number of amides is 2. The summed E-state index contributed by atoms with van der Waals surface area (Å²) in [6.45, 7) is -1.13. The number of carbonyl (C=O) groups excluding carboxylic acids is 1. The summed E-state index contributed by atoms with van der Waals surface area (Å²) in [4.78, 5) is 10.9. The fraction of sp³-hybridized carbons (Fsp3) is 0.300. The van der Waals surface area contributed by atoms with Crippen LogP contribution in [0.5, 0.6) is 0 Å². The lowest BCUT2D eigenvalue weighted by molar-refractivity contribution is -0.122.